The molecule has 0 aromatic carbocycles. The van der Waals surface area contributed by atoms with Gasteiger partial charge in [-0.05, 0) is 19.3 Å². The van der Waals surface area contributed by atoms with E-state index in [1.165, 1.54) is 83.5 Å². The number of carbonyl (C=O) groups excluding carboxylic acids is 1. The molecule has 0 spiro atoms. The van der Waals surface area contributed by atoms with Crippen molar-refractivity contribution in [1.29, 1.82) is 0 Å². The highest BCUT2D eigenvalue weighted by Gasteiger charge is 2.33. The van der Waals surface area contributed by atoms with Crippen molar-refractivity contribution in [2.75, 3.05) is 54.1 Å². The van der Waals surface area contributed by atoms with E-state index in [9.17, 15) is 14.3 Å². The van der Waals surface area contributed by atoms with E-state index >= 15 is 0 Å². The topological polar surface area (TPSA) is 103 Å². The van der Waals surface area contributed by atoms with E-state index in [-0.39, 0.29) is 13.2 Å². The van der Waals surface area contributed by atoms with Gasteiger partial charge < -0.3 is 24.2 Å². The van der Waals surface area contributed by atoms with E-state index in [2.05, 4.69) is 12.2 Å². The number of alkyl carbamates (subject to hydrolysis) is 1. The van der Waals surface area contributed by atoms with Crippen LogP contribution in [0.15, 0.2) is 0 Å². The third-order valence-electron chi connectivity index (χ3n) is 7.11. The predicted octanol–water partition coefficient (Wildman–Crippen LogP) is 6.97. The number of unbranched alkanes of at least 4 members (excludes halogenated alkanes) is 14. The number of hydrogen-bond donors (Lipinski definition) is 2. The highest BCUT2D eigenvalue weighted by Crippen LogP contribution is 2.43. The fourth-order valence-corrected chi connectivity index (χ4v) is 5.33. The highest BCUT2D eigenvalue weighted by molar-refractivity contribution is 7.47. The Kier molecular flexibility index (Phi) is 20.5. The summed E-state index contributed by atoms with van der Waals surface area (Å²) in [6, 6.07) is 0. The van der Waals surface area contributed by atoms with Crippen molar-refractivity contribution < 1.29 is 37.3 Å². The Bertz CT molecular complexity index is 660. The molecule has 9 nitrogen and oxygen atoms in total. The second kappa shape index (κ2) is 22.0. The Morgan fingerprint density at radius 3 is 1.97 bits per heavy atom. The van der Waals surface area contributed by atoms with Crippen LogP contribution in [0.2, 0.25) is 0 Å². The van der Waals surface area contributed by atoms with Crippen molar-refractivity contribution in [2.45, 2.75) is 128 Å². The zero-order valence-electron chi connectivity index (χ0n) is 25.5. The van der Waals surface area contributed by atoms with Gasteiger partial charge in [-0.3, -0.25) is 9.05 Å². The Hall–Kier alpha value is -0.700. The van der Waals surface area contributed by atoms with E-state index < -0.39 is 26.1 Å². The number of phosphoric acid groups is 1. The van der Waals surface area contributed by atoms with Crippen molar-refractivity contribution in [2.24, 2.45) is 0 Å². The maximum Gasteiger partial charge on any atom is 0.472 e. The molecule has 1 heterocycles. The SMILES string of the molecule is CCCCCCCCCCCCCCCCCNC(=O)O[C@@H]1CCCO[C@H]1COP(=O)(O)OCC[N+](C)(C)C. The summed E-state index contributed by atoms with van der Waals surface area (Å²) in [7, 11) is 1.70. The first-order valence-corrected chi connectivity index (χ1v) is 17.1. The molecule has 1 saturated heterocycles. The average molecular weight is 580 g/mol. The second-order valence-corrected chi connectivity index (χ2v) is 13.4. The van der Waals surface area contributed by atoms with Gasteiger partial charge in [-0.2, -0.15) is 0 Å². The second-order valence-electron chi connectivity index (χ2n) is 12.0. The van der Waals surface area contributed by atoms with Crippen LogP contribution in [0.3, 0.4) is 0 Å². The lowest BCUT2D eigenvalue weighted by Crippen LogP contribution is -2.42. The molecule has 1 rings (SSSR count). The lowest BCUT2D eigenvalue weighted by atomic mass is 10.0. The Balaban J connectivity index is 2.06. The molecule has 1 fully saturated rings. The number of nitrogens with one attached hydrogen (secondary N) is 1. The summed E-state index contributed by atoms with van der Waals surface area (Å²) in [6.07, 6.45) is 19.4. The minimum atomic E-state index is -4.20. The monoisotopic (exact) mass is 579 g/mol. The van der Waals surface area contributed by atoms with Crippen LogP contribution in [-0.4, -0.2) is 81.7 Å². The fourth-order valence-electron chi connectivity index (χ4n) is 4.60. The van der Waals surface area contributed by atoms with Gasteiger partial charge in [-0.25, -0.2) is 9.36 Å². The van der Waals surface area contributed by atoms with E-state index in [0.717, 1.165) is 19.3 Å². The van der Waals surface area contributed by atoms with Crippen LogP contribution in [0.4, 0.5) is 4.79 Å². The number of carbonyl (C=O) groups is 1. The van der Waals surface area contributed by atoms with Crippen LogP contribution in [0.1, 0.15) is 116 Å². The molecule has 0 radical (unpaired) electrons. The quantitative estimate of drug-likeness (QED) is 0.0723. The molecule has 1 unspecified atom stereocenters. The molecule has 0 aromatic rings. The molecule has 232 valence electrons. The van der Waals surface area contributed by atoms with Gasteiger partial charge in [0.1, 0.15) is 25.4 Å². The number of ether oxygens (including phenoxy) is 2. The molecule has 1 aliphatic rings. The number of amides is 1. The molecule has 1 aliphatic heterocycles. The van der Waals surface area contributed by atoms with Gasteiger partial charge in [0.2, 0.25) is 0 Å². The molecule has 3 atom stereocenters. The predicted molar refractivity (Wildman–Crippen MR) is 157 cm³/mol. The van der Waals surface area contributed by atoms with Crippen molar-refractivity contribution >= 4 is 13.9 Å². The van der Waals surface area contributed by atoms with Crippen LogP contribution in [0.25, 0.3) is 0 Å². The third-order valence-corrected chi connectivity index (χ3v) is 8.09. The van der Waals surface area contributed by atoms with Gasteiger partial charge in [0.25, 0.3) is 0 Å². The van der Waals surface area contributed by atoms with Crippen LogP contribution in [0, 0.1) is 0 Å². The number of quaternary nitrogens is 1. The zero-order chi connectivity index (χ0) is 28.8. The molecule has 0 bridgehead atoms. The first-order valence-electron chi connectivity index (χ1n) is 15.6. The molecule has 2 N–H and O–H groups in total. The minimum absolute atomic E-state index is 0.102. The van der Waals surface area contributed by atoms with Gasteiger partial charge in [0.05, 0.1) is 27.7 Å². The highest BCUT2D eigenvalue weighted by atomic mass is 31.2. The lowest BCUT2D eigenvalue weighted by molar-refractivity contribution is -0.870. The standard InChI is InChI=1S/C29H59N2O7P/c1-5-6-7-8-9-10-11-12-13-14-15-16-17-18-19-22-30-29(32)38-27-21-20-24-35-28(27)26-37-39(33,34)36-25-23-31(2,3)4/h27-28H,5-26H2,1-4H3,(H-,30,32,33,34)/p+1/t27-,28+/m1/s1. The van der Waals surface area contributed by atoms with Crippen LogP contribution >= 0.6 is 7.82 Å². The number of likely N-dealkylation sites (N-methyl/N-ethyl adjacent to an activating group) is 1. The molecule has 0 saturated carbocycles. The lowest BCUT2D eigenvalue weighted by Gasteiger charge is -2.31. The molecule has 39 heavy (non-hydrogen) atoms. The number of nitrogens with zero attached hydrogens (tertiary/aromatic N) is 1. The van der Waals surface area contributed by atoms with E-state index in [0.29, 0.717) is 30.6 Å². The Morgan fingerprint density at radius 1 is 0.897 bits per heavy atom. The van der Waals surface area contributed by atoms with E-state index in [4.69, 9.17) is 18.5 Å². The minimum Gasteiger partial charge on any atom is -0.443 e. The van der Waals surface area contributed by atoms with Gasteiger partial charge in [-0.1, -0.05) is 96.8 Å². The number of hydrogen-bond acceptors (Lipinski definition) is 6. The van der Waals surface area contributed by atoms with Crippen molar-refractivity contribution in [1.82, 2.24) is 5.32 Å². The molecule has 10 heteroatoms. The largest absolute Gasteiger partial charge is 0.472 e. The van der Waals surface area contributed by atoms with Gasteiger partial charge in [0.15, 0.2) is 0 Å². The van der Waals surface area contributed by atoms with E-state index in [1.807, 2.05) is 21.1 Å². The van der Waals surface area contributed by atoms with Crippen molar-refractivity contribution in [3.05, 3.63) is 0 Å². The van der Waals surface area contributed by atoms with Gasteiger partial charge in [0, 0.05) is 13.2 Å². The zero-order valence-corrected chi connectivity index (χ0v) is 26.4. The summed E-state index contributed by atoms with van der Waals surface area (Å²) in [6.45, 7) is 3.84. The van der Waals surface area contributed by atoms with Crippen LogP contribution < -0.4 is 5.32 Å². The van der Waals surface area contributed by atoms with Crippen LogP contribution in [0.5, 0.6) is 0 Å². The molecular weight excluding hydrogens is 519 g/mol. The Labute approximate surface area is 238 Å². The summed E-state index contributed by atoms with van der Waals surface area (Å²) in [5.74, 6) is 0. The number of rotatable bonds is 24. The first-order chi connectivity index (χ1) is 18.6. The van der Waals surface area contributed by atoms with Crippen molar-refractivity contribution in [3.8, 4) is 0 Å². The molecule has 0 aromatic heterocycles. The first kappa shape index (κ1) is 36.3. The third kappa shape index (κ3) is 21.7. The summed E-state index contributed by atoms with van der Waals surface area (Å²) >= 11 is 0. The number of phosphoric ester groups is 1. The van der Waals surface area contributed by atoms with Crippen molar-refractivity contribution in [3.63, 3.8) is 0 Å². The molecule has 1 amide bonds. The normalized spacial score (nSPS) is 19.5. The smallest absolute Gasteiger partial charge is 0.443 e. The van der Waals surface area contributed by atoms with E-state index in [1.54, 1.807) is 0 Å². The fraction of sp³-hybridized carbons (Fsp3) is 0.966. The summed E-state index contributed by atoms with van der Waals surface area (Å²) in [5.41, 5.74) is 0. The van der Waals surface area contributed by atoms with Gasteiger partial charge >= 0.3 is 13.9 Å². The molecule has 0 aliphatic carbocycles. The van der Waals surface area contributed by atoms with Gasteiger partial charge in [-0.15, -0.1) is 0 Å². The Morgan fingerprint density at radius 2 is 1.44 bits per heavy atom. The maximum absolute atomic E-state index is 12.3. The van der Waals surface area contributed by atoms with Crippen LogP contribution in [-0.2, 0) is 23.1 Å². The summed E-state index contributed by atoms with van der Waals surface area (Å²) < 4.78 is 34.2. The average Bonchev–Trinajstić information content (AvgIpc) is 2.87. The summed E-state index contributed by atoms with van der Waals surface area (Å²) in [5, 5.41) is 2.82. The maximum atomic E-state index is 12.3. The summed E-state index contributed by atoms with van der Waals surface area (Å²) in [4.78, 5) is 22.2. The molecular formula is C29H60N2O7P+.